The molecule has 0 spiro atoms. The van der Waals surface area contributed by atoms with E-state index in [1.165, 1.54) is 6.33 Å². The number of H-pyrrole nitrogens is 1. The van der Waals surface area contributed by atoms with Crippen LogP contribution in [0.25, 0.3) is 0 Å². The molecule has 0 unspecified atom stereocenters. The van der Waals surface area contributed by atoms with Gasteiger partial charge in [0, 0.05) is 6.92 Å². The molecule has 0 aliphatic heterocycles. The smallest absolute Gasteiger partial charge is 0.269 e. The standard InChI is InChI=1S/C8H12N4O2/c1-3-14-5(2)12-8-6(7(9)13)10-4-11-8/h4H,3H2,1-2H3,(H2,9,13)(H,10,11). The van der Waals surface area contributed by atoms with Crippen molar-refractivity contribution >= 4 is 17.6 Å². The molecule has 0 aromatic carbocycles. The number of nitrogens with zero attached hydrogens (tertiary/aromatic N) is 2. The average Bonchev–Trinajstić information content (AvgIpc) is 2.52. The molecule has 0 radical (unpaired) electrons. The zero-order valence-corrected chi connectivity index (χ0v) is 8.07. The van der Waals surface area contributed by atoms with Gasteiger partial charge in [0.15, 0.2) is 17.4 Å². The Kier molecular flexibility index (Phi) is 3.22. The molecule has 76 valence electrons. The van der Waals surface area contributed by atoms with Gasteiger partial charge in [-0.3, -0.25) is 4.79 Å². The van der Waals surface area contributed by atoms with Gasteiger partial charge in [-0.2, -0.15) is 4.99 Å². The van der Waals surface area contributed by atoms with Crippen LogP contribution in [0.2, 0.25) is 0 Å². The Hall–Kier alpha value is -1.85. The molecule has 0 bridgehead atoms. The van der Waals surface area contributed by atoms with Crippen LogP contribution >= 0.6 is 0 Å². The van der Waals surface area contributed by atoms with Crippen molar-refractivity contribution < 1.29 is 9.53 Å². The van der Waals surface area contributed by atoms with Gasteiger partial charge >= 0.3 is 0 Å². The number of hydrogen-bond acceptors (Lipinski definition) is 4. The van der Waals surface area contributed by atoms with E-state index in [1.54, 1.807) is 6.92 Å². The number of aromatic nitrogens is 2. The molecule has 0 saturated carbocycles. The lowest BCUT2D eigenvalue weighted by Gasteiger charge is -1.99. The van der Waals surface area contributed by atoms with E-state index in [0.717, 1.165) is 0 Å². The number of carbonyl (C=O) groups excluding carboxylic acids is 1. The van der Waals surface area contributed by atoms with Crippen LogP contribution in [0.5, 0.6) is 0 Å². The average molecular weight is 196 g/mol. The van der Waals surface area contributed by atoms with Crippen LogP contribution in [0, 0.1) is 0 Å². The summed E-state index contributed by atoms with van der Waals surface area (Å²) >= 11 is 0. The molecule has 14 heavy (non-hydrogen) atoms. The summed E-state index contributed by atoms with van der Waals surface area (Å²) in [6, 6.07) is 0. The number of primary amides is 1. The Morgan fingerprint density at radius 3 is 3.07 bits per heavy atom. The van der Waals surface area contributed by atoms with E-state index in [9.17, 15) is 4.79 Å². The van der Waals surface area contributed by atoms with Crippen molar-refractivity contribution in [2.45, 2.75) is 13.8 Å². The van der Waals surface area contributed by atoms with Gasteiger partial charge in [0.1, 0.15) is 0 Å². The second kappa shape index (κ2) is 4.40. The molecule has 0 atom stereocenters. The highest BCUT2D eigenvalue weighted by molar-refractivity contribution is 5.95. The number of carbonyl (C=O) groups is 1. The van der Waals surface area contributed by atoms with Gasteiger partial charge in [0.2, 0.25) is 0 Å². The van der Waals surface area contributed by atoms with E-state index in [4.69, 9.17) is 10.5 Å². The minimum absolute atomic E-state index is 0.184. The van der Waals surface area contributed by atoms with Gasteiger partial charge in [-0.05, 0) is 6.92 Å². The van der Waals surface area contributed by atoms with Crippen molar-refractivity contribution in [1.82, 2.24) is 9.97 Å². The number of nitrogens with one attached hydrogen (secondary N) is 1. The van der Waals surface area contributed by atoms with Crippen molar-refractivity contribution in [3.63, 3.8) is 0 Å². The van der Waals surface area contributed by atoms with E-state index >= 15 is 0 Å². The topological polar surface area (TPSA) is 93.4 Å². The van der Waals surface area contributed by atoms with Crippen LogP contribution in [0.3, 0.4) is 0 Å². The molecule has 0 fully saturated rings. The van der Waals surface area contributed by atoms with Gasteiger partial charge < -0.3 is 15.5 Å². The summed E-state index contributed by atoms with van der Waals surface area (Å²) in [6.07, 6.45) is 1.36. The summed E-state index contributed by atoms with van der Waals surface area (Å²) in [5.41, 5.74) is 5.27. The van der Waals surface area contributed by atoms with E-state index in [0.29, 0.717) is 12.5 Å². The molecule has 0 aliphatic carbocycles. The van der Waals surface area contributed by atoms with Crippen molar-refractivity contribution in [2.75, 3.05) is 6.61 Å². The Balaban J connectivity index is 2.90. The van der Waals surface area contributed by atoms with E-state index in [1.807, 2.05) is 6.92 Å². The first-order valence-corrected chi connectivity index (χ1v) is 4.16. The molecular formula is C8H12N4O2. The highest BCUT2D eigenvalue weighted by Crippen LogP contribution is 2.12. The number of rotatable bonds is 3. The molecule has 1 amide bonds. The van der Waals surface area contributed by atoms with Gasteiger partial charge in [-0.15, -0.1) is 0 Å². The molecule has 6 heteroatoms. The maximum atomic E-state index is 10.9. The fourth-order valence-corrected chi connectivity index (χ4v) is 0.943. The SMILES string of the molecule is CCOC(C)=Nc1nc[nH]c1C(N)=O. The first-order valence-electron chi connectivity index (χ1n) is 4.16. The van der Waals surface area contributed by atoms with Crippen LogP contribution in [0.4, 0.5) is 5.82 Å². The molecule has 0 saturated heterocycles. The second-order valence-corrected chi connectivity index (χ2v) is 2.53. The van der Waals surface area contributed by atoms with Crippen LogP contribution in [-0.4, -0.2) is 28.4 Å². The summed E-state index contributed by atoms with van der Waals surface area (Å²) < 4.78 is 5.09. The number of nitrogens with two attached hydrogens (primary N) is 1. The Morgan fingerprint density at radius 2 is 2.50 bits per heavy atom. The van der Waals surface area contributed by atoms with Gasteiger partial charge in [0.05, 0.1) is 12.9 Å². The quantitative estimate of drug-likeness (QED) is 0.547. The number of aromatic amines is 1. The Bertz CT molecular complexity index is 356. The molecule has 0 aliphatic rings. The predicted molar refractivity (Wildman–Crippen MR) is 51.5 cm³/mol. The zero-order chi connectivity index (χ0) is 10.6. The van der Waals surface area contributed by atoms with Crippen LogP contribution in [-0.2, 0) is 4.74 Å². The van der Waals surface area contributed by atoms with Gasteiger partial charge in [-0.25, -0.2) is 4.98 Å². The van der Waals surface area contributed by atoms with Crippen molar-refractivity contribution in [2.24, 2.45) is 10.7 Å². The zero-order valence-electron chi connectivity index (χ0n) is 8.07. The normalized spacial score (nSPS) is 11.4. The minimum Gasteiger partial charge on any atom is -0.481 e. The third-order valence-corrected chi connectivity index (χ3v) is 1.48. The van der Waals surface area contributed by atoms with Crippen LogP contribution in [0.15, 0.2) is 11.3 Å². The largest absolute Gasteiger partial charge is 0.481 e. The fourth-order valence-electron chi connectivity index (χ4n) is 0.943. The summed E-state index contributed by atoms with van der Waals surface area (Å²) in [7, 11) is 0. The summed E-state index contributed by atoms with van der Waals surface area (Å²) in [6.45, 7) is 4.05. The number of aliphatic imine (C=N–C) groups is 1. The Morgan fingerprint density at radius 1 is 1.79 bits per heavy atom. The van der Waals surface area contributed by atoms with Gasteiger partial charge in [-0.1, -0.05) is 0 Å². The molecule has 1 heterocycles. The van der Waals surface area contributed by atoms with E-state index in [-0.39, 0.29) is 11.5 Å². The lowest BCUT2D eigenvalue weighted by Crippen LogP contribution is -2.11. The van der Waals surface area contributed by atoms with E-state index < -0.39 is 5.91 Å². The lowest BCUT2D eigenvalue weighted by molar-refractivity contribution is 0.0997. The van der Waals surface area contributed by atoms with Crippen molar-refractivity contribution in [3.8, 4) is 0 Å². The highest BCUT2D eigenvalue weighted by Gasteiger charge is 2.10. The maximum Gasteiger partial charge on any atom is 0.269 e. The third kappa shape index (κ3) is 2.32. The van der Waals surface area contributed by atoms with Crippen molar-refractivity contribution in [3.05, 3.63) is 12.0 Å². The summed E-state index contributed by atoms with van der Waals surface area (Å²) in [5.74, 6) is 0.107. The highest BCUT2D eigenvalue weighted by atomic mass is 16.5. The number of imidazole rings is 1. The Labute approximate surface area is 81.2 Å². The first-order chi connectivity index (χ1) is 6.65. The van der Waals surface area contributed by atoms with Gasteiger partial charge in [0.25, 0.3) is 5.91 Å². The molecule has 1 rings (SSSR count). The number of hydrogen-bond donors (Lipinski definition) is 2. The summed E-state index contributed by atoms with van der Waals surface area (Å²) in [5, 5.41) is 0. The second-order valence-electron chi connectivity index (χ2n) is 2.53. The maximum absolute atomic E-state index is 10.9. The van der Waals surface area contributed by atoms with Crippen LogP contribution < -0.4 is 5.73 Å². The molecule has 3 N–H and O–H groups in total. The minimum atomic E-state index is -0.592. The molecule has 1 aromatic heterocycles. The monoisotopic (exact) mass is 196 g/mol. The first kappa shape index (κ1) is 10.2. The molecule has 6 nitrogen and oxygen atoms in total. The van der Waals surface area contributed by atoms with Crippen molar-refractivity contribution in [1.29, 1.82) is 0 Å². The predicted octanol–water partition coefficient (Wildman–Crippen LogP) is 0.595. The number of amides is 1. The lowest BCUT2D eigenvalue weighted by atomic mass is 10.4. The number of ether oxygens (including phenoxy) is 1. The van der Waals surface area contributed by atoms with Crippen LogP contribution in [0.1, 0.15) is 24.3 Å². The molecular weight excluding hydrogens is 184 g/mol. The molecule has 1 aromatic rings. The third-order valence-electron chi connectivity index (χ3n) is 1.48. The summed E-state index contributed by atoms with van der Waals surface area (Å²) in [4.78, 5) is 21.3. The fraction of sp³-hybridized carbons (Fsp3) is 0.375. The van der Waals surface area contributed by atoms with E-state index in [2.05, 4.69) is 15.0 Å².